The third kappa shape index (κ3) is 5.17. The maximum absolute atomic E-state index is 12.5. The monoisotopic (exact) mass is 385 g/mol. The van der Waals surface area contributed by atoms with Gasteiger partial charge in [-0.25, -0.2) is 9.97 Å². The molecule has 2 aromatic rings. The number of anilines is 3. The molecular formula is C19H25N6O3+. The molecule has 148 valence electrons. The van der Waals surface area contributed by atoms with Crippen LogP contribution in [0.5, 0.6) is 5.75 Å². The number of hydrogen-bond acceptors (Lipinski definition) is 6. The second-order valence-corrected chi connectivity index (χ2v) is 6.61. The summed E-state index contributed by atoms with van der Waals surface area (Å²) in [6.07, 6.45) is 3.47. The molecule has 1 aromatic carbocycles. The largest absolute Gasteiger partial charge is 0.495 e. The Labute approximate surface area is 163 Å². The Morgan fingerprint density at radius 3 is 2.54 bits per heavy atom. The highest BCUT2D eigenvalue weighted by Gasteiger charge is 2.24. The Bertz CT molecular complexity index is 822. The first-order valence-electron chi connectivity index (χ1n) is 9.16. The number of methoxy groups -OCH3 is 1. The number of piperazine rings is 1. The van der Waals surface area contributed by atoms with Crippen LogP contribution >= 0.6 is 0 Å². The number of hydrogen-bond donors (Lipinski definition) is 3. The Morgan fingerprint density at radius 1 is 1.18 bits per heavy atom. The van der Waals surface area contributed by atoms with Crippen molar-refractivity contribution >= 4 is 29.1 Å². The number of benzene rings is 1. The number of ether oxygens (including phenoxy) is 1. The van der Waals surface area contributed by atoms with E-state index in [0.29, 0.717) is 23.7 Å². The summed E-state index contributed by atoms with van der Waals surface area (Å²) in [4.78, 5) is 35.6. The first-order chi connectivity index (χ1) is 13.5. The van der Waals surface area contributed by atoms with Gasteiger partial charge in [0.15, 0.2) is 6.54 Å². The normalized spacial score (nSPS) is 14.4. The van der Waals surface area contributed by atoms with E-state index >= 15 is 0 Å². The van der Waals surface area contributed by atoms with E-state index in [9.17, 15) is 9.59 Å². The molecular weight excluding hydrogens is 360 g/mol. The summed E-state index contributed by atoms with van der Waals surface area (Å²) in [5.74, 6) is 0.999. The molecule has 0 saturated carbocycles. The summed E-state index contributed by atoms with van der Waals surface area (Å²) < 4.78 is 5.30. The van der Waals surface area contributed by atoms with E-state index in [1.807, 2.05) is 0 Å². The van der Waals surface area contributed by atoms with Gasteiger partial charge in [-0.2, -0.15) is 0 Å². The quantitative estimate of drug-likeness (QED) is 0.636. The lowest BCUT2D eigenvalue weighted by atomic mass is 10.2. The third-order valence-electron chi connectivity index (χ3n) is 4.51. The zero-order chi connectivity index (χ0) is 19.9. The van der Waals surface area contributed by atoms with Crippen molar-refractivity contribution in [2.75, 3.05) is 55.4 Å². The molecule has 9 heteroatoms. The molecule has 3 rings (SSSR count). The lowest BCUT2D eigenvalue weighted by Gasteiger charge is -2.31. The van der Waals surface area contributed by atoms with Gasteiger partial charge in [-0.1, -0.05) is 0 Å². The van der Waals surface area contributed by atoms with Gasteiger partial charge in [-0.15, -0.1) is 0 Å². The van der Waals surface area contributed by atoms with Crippen LogP contribution in [-0.2, 0) is 9.59 Å². The SMILES string of the molecule is COc1ccc(NC(C)=O)cc1NC(=O)C[NH+]1CCN(c2ncccn2)CC1. The lowest BCUT2D eigenvalue weighted by Crippen LogP contribution is -3.15. The maximum Gasteiger partial charge on any atom is 0.279 e. The maximum atomic E-state index is 12.5. The van der Waals surface area contributed by atoms with E-state index in [1.165, 1.54) is 11.8 Å². The van der Waals surface area contributed by atoms with Gasteiger partial charge >= 0.3 is 0 Å². The van der Waals surface area contributed by atoms with Gasteiger partial charge in [0.05, 0.1) is 39.0 Å². The highest BCUT2D eigenvalue weighted by Crippen LogP contribution is 2.27. The van der Waals surface area contributed by atoms with E-state index in [2.05, 4.69) is 25.5 Å². The molecule has 0 aliphatic carbocycles. The van der Waals surface area contributed by atoms with Crippen LogP contribution in [0.2, 0.25) is 0 Å². The molecule has 1 aliphatic heterocycles. The Kier molecular flexibility index (Phi) is 6.38. The summed E-state index contributed by atoms with van der Waals surface area (Å²) >= 11 is 0. The van der Waals surface area contributed by atoms with Gasteiger partial charge < -0.3 is 25.2 Å². The average Bonchev–Trinajstić information content (AvgIpc) is 2.69. The molecule has 28 heavy (non-hydrogen) atoms. The summed E-state index contributed by atoms with van der Waals surface area (Å²) in [7, 11) is 1.54. The number of nitrogens with one attached hydrogen (secondary N) is 3. The van der Waals surface area contributed by atoms with Crippen LogP contribution in [0.25, 0.3) is 0 Å². The summed E-state index contributed by atoms with van der Waals surface area (Å²) in [5, 5.41) is 5.59. The van der Waals surface area contributed by atoms with Crippen LogP contribution in [-0.4, -0.2) is 61.6 Å². The van der Waals surface area contributed by atoms with Crippen LogP contribution in [0.15, 0.2) is 36.7 Å². The number of aromatic nitrogens is 2. The van der Waals surface area contributed by atoms with Crippen molar-refractivity contribution in [3.63, 3.8) is 0 Å². The van der Waals surface area contributed by atoms with E-state index in [-0.39, 0.29) is 11.8 Å². The molecule has 0 unspecified atom stereocenters. The molecule has 0 radical (unpaired) electrons. The number of carbonyl (C=O) groups is 2. The Balaban J connectivity index is 1.55. The van der Waals surface area contributed by atoms with Gasteiger partial charge in [-0.3, -0.25) is 9.59 Å². The predicted molar refractivity (Wildman–Crippen MR) is 106 cm³/mol. The van der Waals surface area contributed by atoms with Gasteiger partial charge in [0.1, 0.15) is 5.75 Å². The fraction of sp³-hybridized carbons (Fsp3) is 0.368. The fourth-order valence-electron chi connectivity index (χ4n) is 3.16. The molecule has 0 atom stereocenters. The van der Waals surface area contributed by atoms with Crippen LogP contribution in [0.4, 0.5) is 17.3 Å². The number of amides is 2. The molecule has 9 nitrogen and oxygen atoms in total. The summed E-state index contributed by atoms with van der Waals surface area (Å²) in [6, 6.07) is 6.93. The number of nitrogens with zero attached hydrogens (tertiary/aromatic N) is 3. The minimum absolute atomic E-state index is 0.0994. The zero-order valence-corrected chi connectivity index (χ0v) is 16.1. The molecule has 0 bridgehead atoms. The molecule has 1 saturated heterocycles. The molecule has 1 aliphatic rings. The first kappa shape index (κ1) is 19.6. The topological polar surface area (TPSA) is 101 Å². The van der Waals surface area contributed by atoms with Crippen molar-refractivity contribution in [3.05, 3.63) is 36.7 Å². The molecule has 1 fully saturated rings. The van der Waals surface area contributed by atoms with Crippen molar-refractivity contribution in [1.82, 2.24) is 9.97 Å². The highest BCUT2D eigenvalue weighted by molar-refractivity contribution is 5.95. The number of quaternary nitrogens is 1. The number of carbonyl (C=O) groups excluding carboxylic acids is 2. The van der Waals surface area contributed by atoms with E-state index in [0.717, 1.165) is 32.1 Å². The van der Waals surface area contributed by atoms with Crippen molar-refractivity contribution in [1.29, 1.82) is 0 Å². The van der Waals surface area contributed by atoms with Crippen molar-refractivity contribution < 1.29 is 19.2 Å². The van der Waals surface area contributed by atoms with Crippen molar-refractivity contribution in [3.8, 4) is 5.75 Å². The van der Waals surface area contributed by atoms with Crippen LogP contribution in [0.1, 0.15) is 6.92 Å². The third-order valence-corrected chi connectivity index (χ3v) is 4.51. The summed E-state index contributed by atoms with van der Waals surface area (Å²) in [5.41, 5.74) is 1.14. The molecule has 1 aromatic heterocycles. The van der Waals surface area contributed by atoms with Crippen LogP contribution < -0.4 is 25.2 Å². The second kappa shape index (κ2) is 9.14. The minimum atomic E-state index is -0.174. The molecule has 2 heterocycles. The first-order valence-corrected chi connectivity index (χ1v) is 9.16. The fourth-order valence-corrected chi connectivity index (χ4v) is 3.16. The van der Waals surface area contributed by atoms with E-state index in [1.54, 1.807) is 43.8 Å². The van der Waals surface area contributed by atoms with Crippen molar-refractivity contribution in [2.45, 2.75) is 6.92 Å². The molecule has 0 spiro atoms. The average molecular weight is 385 g/mol. The molecule has 3 N–H and O–H groups in total. The van der Waals surface area contributed by atoms with E-state index in [4.69, 9.17) is 4.74 Å². The Hall–Kier alpha value is -3.20. The predicted octanol–water partition coefficient (Wildman–Crippen LogP) is -0.213. The minimum Gasteiger partial charge on any atom is -0.495 e. The highest BCUT2D eigenvalue weighted by atomic mass is 16.5. The lowest BCUT2D eigenvalue weighted by molar-refractivity contribution is -0.892. The van der Waals surface area contributed by atoms with Gasteiger partial charge in [0.25, 0.3) is 5.91 Å². The van der Waals surface area contributed by atoms with Crippen LogP contribution in [0, 0.1) is 0 Å². The standard InChI is InChI=1S/C19H24N6O3/c1-14(26)22-15-4-5-17(28-2)16(12-15)23-18(27)13-24-8-10-25(11-9-24)19-20-6-3-7-21-19/h3-7,12H,8-11,13H2,1-2H3,(H,22,26)(H,23,27)/p+1. The molecule has 2 amide bonds. The van der Waals surface area contributed by atoms with E-state index < -0.39 is 0 Å². The zero-order valence-electron chi connectivity index (χ0n) is 16.1. The smallest absolute Gasteiger partial charge is 0.279 e. The van der Waals surface area contributed by atoms with Gasteiger partial charge in [-0.05, 0) is 24.3 Å². The van der Waals surface area contributed by atoms with Gasteiger partial charge in [0, 0.05) is 25.0 Å². The van der Waals surface area contributed by atoms with Crippen LogP contribution in [0.3, 0.4) is 0 Å². The summed E-state index contributed by atoms with van der Waals surface area (Å²) in [6.45, 7) is 5.05. The second-order valence-electron chi connectivity index (χ2n) is 6.61. The number of rotatable bonds is 6. The van der Waals surface area contributed by atoms with Gasteiger partial charge in [0.2, 0.25) is 11.9 Å². The van der Waals surface area contributed by atoms with Crippen molar-refractivity contribution in [2.24, 2.45) is 0 Å². The Morgan fingerprint density at radius 2 is 1.89 bits per heavy atom.